The van der Waals surface area contributed by atoms with E-state index in [-0.39, 0.29) is 23.7 Å². The lowest BCUT2D eigenvalue weighted by atomic mass is 10.5. The van der Waals surface area contributed by atoms with E-state index in [4.69, 9.17) is 12.2 Å². The molecule has 0 aliphatic heterocycles. The molecule has 0 saturated carbocycles. The third-order valence-corrected chi connectivity index (χ3v) is 1.90. The smallest absolute Gasteiger partial charge is 0.328 e. The molecule has 76 valence electrons. The summed E-state index contributed by atoms with van der Waals surface area (Å²) in [5.41, 5.74) is 4.58. The summed E-state index contributed by atoms with van der Waals surface area (Å²) in [5.74, 6) is 2.22. The number of nitrogens with one attached hydrogen (secondary N) is 2. The molecule has 0 fully saturated rings. The highest BCUT2D eigenvalue weighted by Gasteiger charge is 2.11. The van der Waals surface area contributed by atoms with Gasteiger partial charge in [0, 0.05) is 0 Å². The number of hydrogen-bond donors (Lipinski definition) is 3. The van der Waals surface area contributed by atoms with Crippen molar-refractivity contribution < 1.29 is 0 Å². The molecule has 0 saturated heterocycles. The van der Waals surface area contributed by atoms with Crippen molar-refractivity contribution in [1.82, 2.24) is 19.5 Å². The molecule has 2 rings (SSSR count). The molecule has 2 aromatic heterocycles. The number of nitrogens with two attached hydrogens (primary N) is 1. The van der Waals surface area contributed by atoms with Gasteiger partial charge in [0.25, 0.3) is 5.56 Å². The lowest BCUT2D eigenvalue weighted by Gasteiger charge is -1.95. The molecular weight excluding hydrogens is 198 g/mol. The maximum Gasteiger partial charge on any atom is 0.328 e. The van der Waals surface area contributed by atoms with Gasteiger partial charge in [-0.15, -0.1) is 6.42 Å². The first-order valence-electron chi connectivity index (χ1n) is 4.05. The van der Waals surface area contributed by atoms with Gasteiger partial charge in [-0.25, -0.2) is 4.79 Å². The summed E-state index contributed by atoms with van der Waals surface area (Å²) in [7, 11) is 0. The van der Waals surface area contributed by atoms with Crippen molar-refractivity contribution in [3.8, 4) is 12.3 Å². The Bertz CT molecular complexity index is 669. The van der Waals surface area contributed by atoms with E-state index in [0.29, 0.717) is 0 Å². The molecule has 0 radical (unpaired) electrons. The van der Waals surface area contributed by atoms with Gasteiger partial charge < -0.3 is 5.73 Å². The summed E-state index contributed by atoms with van der Waals surface area (Å²) >= 11 is 0. The minimum Gasteiger partial charge on any atom is -0.369 e. The number of aromatic nitrogens is 4. The minimum absolute atomic E-state index is 0.00745. The van der Waals surface area contributed by atoms with E-state index < -0.39 is 11.2 Å². The Labute approximate surface area is 82.9 Å². The Morgan fingerprint density at radius 2 is 2.20 bits per heavy atom. The number of aromatic amines is 2. The van der Waals surface area contributed by atoms with Crippen molar-refractivity contribution in [3.05, 3.63) is 20.8 Å². The van der Waals surface area contributed by atoms with Gasteiger partial charge in [0.05, 0.1) is 6.54 Å². The Morgan fingerprint density at radius 3 is 2.87 bits per heavy atom. The van der Waals surface area contributed by atoms with Crippen molar-refractivity contribution in [3.63, 3.8) is 0 Å². The van der Waals surface area contributed by atoms with Crippen LogP contribution in [0, 0.1) is 12.3 Å². The van der Waals surface area contributed by atoms with Gasteiger partial charge in [-0.2, -0.15) is 4.98 Å². The van der Waals surface area contributed by atoms with Crippen molar-refractivity contribution in [2.45, 2.75) is 6.54 Å². The largest absolute Gasteiger partial charge is 0.369 e. The van der Waals surface area contributed by atoms with Gasteiger partial charge in [0.15, 0.2) is 11.2 Å². The maximum absolute atomic E-state index is 11.5. The van der Waals surface area contributed by atoms with Crippen LogP contribution in [-0.2, 0) is 6.54 Å². The third-order valence-electron chi connectivity index (χ3n) is 1.90. The first kappa shape index (κ1) is 9.08. The van der Waals surface area contributed by atoms with Crippen LogP contribution in [0.3, 0.4) is 0 Å². The van der Waals surface area contributed by atoms with Crippen molar-refractivity contribution in [1.29, 1.82) is 0 Å². The SMILES string of the molecule is C#CCn1c(=O)[nH]c2nc(N)[nH]c(=O)c21. The second-order valence-electron chi connectivity index (χ2n) is 2.87. The lowest BCUT2D eigenvalue weighted by molar-refractivity contribution is 0.821. The third kappa shape index (κ3) is 1.28. The van der Waals surface area contributed by atoms with E-state index >= 15 is 0 Å². The summed E-state index contributed by atoms with van der Waals surface area (Å²) in [6.45, 7) is 0.00745. The molecule has 0 aliphatic rings. The van der Waals surface area contributed by atoms with E-state index in [1.165, 1.54) is 0 Å². The summed E-state index contributed by atoms with van der Waals surface area (Å²) in [6.07, 6.45) is 5.08. The number of H-pyrrole nitrogens is 2. The number of fused-ring (bicyclic) bond motifs is 1. The van der Waals surface area contributed by atoms with E-state index in [9.17, 15) is 9.59 Å². The first-order chi connectivity index (χ1) is 7.13. The van der Waals surface area contributed by atoms with Crippen LogP contribution in [0.4, 0.5) is 5.95 Å². The topological polar surface area (TPSA) is 110 Å². The standard InChI is InChI=1S/C8H7N5O2/c1-2-3-13-4-5(11-8(13)15)10-7(9)12-6(4)14/h1H,3H2,(H4,9,10,11,12,14,15). The number of terminal acetylenes is 1. The second kappa shape index (κ2) is 3.02. The molecule has 0 aromatic carbocycles. The highest BCUT2D eigenvalue weighted by atomic mass is 16.2. The molecule has 0 unspecified atom stereocenters. The Balaban J connectivity index is 2.95. The van der Waals surface area contributed by atoms with Gasteiger partial charge in [-0.3, -0.25) is 19.3 Å². The number of rotatable bonds is 1. The number of nitrogen functional groups attached to an aromatic ring is 1. The zero-order chi connectivity index (χ0) is 11.0. The molecule has 7 nitrogen and oxygen atoms in total. The molecule has 0 bridgehead atoms. The highest BCUT2D eigenvalue weighted by molar-refractivity contribution is 5.70. The zero-order valence-corrected chi connectivity index (χ0v) is 7.57. The molecule has 0 atom stereocenters. The molecule has 0 spiro atoms. The van der Waals surface area contributed by atoms with Crippen LogP contribution in [-0.4, -0.2) is 19.5 Å². The molecule has 15 heavy (non-hydrogen) atoms. The summed E-state index contributed by atoms with van der Waals surface area (Å²) in [6, 6.07) is 0. The summed E-state index contributed by atoms with van der Waals surface area (Å²) < 4.78 is 1.13. The number of hydrogen-bond acceptors (Lipinski definition) is 4. The normalized spacial score (nSPS) is 10.3. The fourth-order valence-electron chi connectivity index (χ4n) is 1.33. The fourth-order valence-corrected chi connectivity index (χ4v) is 1.33. The molecule has 2 aromatic rings. The summed E-state index contributed by atoms with van der Waals surface area (Å²) in [4.78, 5) is 31.3. The average Bonchev–Trinajstić information content (AvgIpc) is 2.43. The van der Waals surface area contributed by atoms with Crippen molar-refractivity contribution >= 4 is 17.1 Å². The van der Waals surface area contributed by atoms with Crippen molar-refractivity contribution in [2.75, 3.05) is 5.73 Å². The highest BCUT2D eigenvalue weighted by Crippen LogP contribution is 2.01. The lowest BCUT2D eigenvalue weighted by Crippen LogP contribution is -2.20. The number of imidazole rings is 1. The second-order valence-corrected chi connectivity index (χ2v) is 2.87. The van der Waals surface area contributed by atoms with Crippen LogP contribution in [0.2, 0.25) is 0 Å². The Hall–Kier alpha value is -2.49. The predicted molar refractivity (Wildman–Crippen MR) is 54.2 cm³/mol. The first-order valence-corrected chi connectivity index (χ1v) is 4.05. The summed E-state index contributed by atoms with van der Waals surface area (Å²) in [5, 5.41) is 0. The molecule has 0 aliphatic carbocycles. The minimum atomic E-state index is -0.494. The van der Waals surface area contributed by atoms with E-state index in [1.807, 2.05) is 0 Å². The molecule has 4 N–H and O–H groups in total. The van der Waals surface area contributed by atoms with E-state index in [1.54, 1.807) is 0 Å². The van der Waals surface area contributed by atoms with Crippen LogP contribution >= 0.6 is 0 Å². The Morgan fingerprint density at radius 1 is 1.47 bits per heavy atom. The van der Waals surface area contributed by atoms with Crippen molar-refractivity contribution in [2.24, 2.45) is 0 Å². The van der Waals surface area contributed by atoms with Crippen LogP contribution < -0.4 is 17.0 Å². The van der Waals surface area contributed by atoms with Crippen LogP contribution in [0.15, 0.2) is 9.59 Å². The quantitative estimate of drug-likeness (QED) is 0.499. The number of anilines is 1. The maximum atomic E-state index is 11.5. The van der Waals surface area contributed by atoms with Gasteiger partial charge in [0.2, 0.25) is 5.95 Å². The van der Waals surface area contributed by atoms with Crippen LogP contribution in [0.1, 0.15) is 0 Å². The van der Waals surface area contributed by atoms with Gasteiger partial charge in [0.1, 0.15) is 0 Å². The van der Waals surface area contributed by atoms with Gasteiger partial charge >= 0.3 is 5.69 Å². The van der Waals surface area contributed by atoms with Gasteiger partial charge in [-0.1, -0.05) is 5.92 Å². The monoisotopic (exact) mass is 205 g/mol. The van der Waals surface area contributed by atoms with E-state index in [0.717, 1.165) is 4.57 Å². The molecule has 2 heterocycles. The predicted octanol–water partition coefficient (Wildman–Crippen LogP) is -1.37. The molecular formula is C8H7N5O2. The van der Waals surface area contributed by atoms with E-state index in [2.05, 4.69) is 20.9 Å². The van der Waals surface area contributed by atoms with Crippen LogP contribution in [0.25, 0.3) is 11.2 Å². The zero-order valence-electron chi connectivity index (χ0n) is 7.57. The van der Waals surface area contributed by atoms with Gasteiger partial charge in [-0.05, 0) is 0 Å². The Kier molecular flexibility index (Phi) is 1.83. The molecule has 0 amide bonds. The molecule has 7 heteroatoms. The fraction of sp³-hybridized carbons (Fsp3) is 0.125. The van der Waals surface area contributed by atoms with Crippen LogP contribution in [0.5, 0.6) is 0 Å². The average molecular weight is 205 g/mol. The number of nitrogens with zero attached hydrogens (tertiary/aromatic N) is 2.